The predicted molar refractivity (Wildman–Crippen MR) is 140 cm³/mol. The summed E-state index contributed by atoms with van der Waals surface area (Å²) in [5.41, 5.74) is 4.19. The second-order valence-electron chi connectivity index (χ2n) is 8.48. The highest BCUT2D eigenvalue weighted by Crippen LogP contribution is 2.34. The Labute approximate surface area is 203 Å². The summed E-state index contributed by atoms with van der Waals surface area (Å²) in [6, 6.07) is 26.3. The number of rotatable bonds is 3. The zero-order valence-electron chi connectivity index (χ0n) is 18.5. The highest BCUT2D eigenvalue weighted by Gasteiger charge is 2.21. The number of ether oxygens (including phenoxy) is 2. The first-order valence-corrected chi connectivity index (χ1v) is 12.3. The van der Waals surface area contributed by atoms with Gasteiger partial charge in [-0.2, -0.15) is 0 Å². The summed E-state index contributed by atoms with van der Waals surface area (Å²) in [6.45, 7) is 1.42. The highest BCUT2D eigenvalue weighted by atomic mass is 79.9. The number of hydrogen-bond donors (Lipinski definition) is 0. The van der Waals surface area contributed by atoms with Crippen molar-refractivity contribution in [3.05, 3.63) is 118 Å². The van der Waals surface area contributed by atoms with Crippen molar-refractivity contribution < 1.29 is 9.47 Å². The Kier molecular flexibility index (Phi) is 6.89. The van der Waals surface area contributed by atoms with E-state index in [-0.39, 0.29) is 0 Å². The third kappa shape index (κ3) is 5.21. The van der Waals surface area contributed by atoms with Crippen LogP contribution in [-0.4, -0.2) is 12.7 Å². The van der Waals surface area contributed by atoms with E-state index < -0.39 is 0 Å². The molecular weight excluding hydrogens is 472 g/mol. The fourth-order valence-electron chi connectivity index (χ4n) is 4.62. The number of allylic oxidation sites excluding steroid dienone is 2. The largest absolute Gasteiger partial charge is 0.497 e. The fourth-order valence-corrected chi connectivity index (χ4v) is 4.88. The summed E-state index contributed by atoms with van der Waals surface area (Å²) in [6.07, 6.45) is 11.0. The molecule has 0 fully saturated rings. The zero-order chi connectivity index (χ0) is 22.5. The Hall–Kier alpha value is -2.88. The number of aryl methyl sites for hydroxylation is 1. The molecule has 1 atom stereocenters. The van der Waals surface area contributed by atoms with Crippen LogP contribution >= 0.6 is 15.9 Å². The average molecular weight is 499 g/mol. The van der Waals surface area contributed by atoms with Gasteiger partial charge in [-0.25, -0.2) is 0 Å². The van der Waals surface area contributed by atoms with Crippen LogP contribution in [0, 0.1) is 0 Å². The standard InChI is InChI=1S/C25H21BrO.C5H6O/c26-20-9-5-17(6-10-20)16-27-21-11-14-23-19(15-21)8-13-24-22-4-2-1-3-18(22)7-12-25(23)24;1-2-4-6-5-3-1/h1-10,12-13,21H,11,14-16H2;1-4H,5H2. The predicted octanol–water partition coefficient (Wildman–Crippen LogP) is 7.92. The van der Waals surface area contributed by atoms with Gasteiger partial charge >= 0.3 is 0 Å². The van der Waals surface area contributed by atoms with Crippen molar-refractivity contribution in [2.24, 2.45) is 0 Å². The molecule has 0 saturated heterocycles. The molecule has 1 heterocycles. The van der Waals surface area contributed by atoms with Gasteiger partial charge in [0.25, 0.3) is 0 Å². The molecule has 0 spiro atoms. The maximum Gasteiger partial charge on any atom is 0.106 e. The van der Waals surface area contributed by atoms with Gasteiger partial charge in [0.05, 0.1) is 19.0 Å². The number of benzene rings is 4. The van der Waals surface area contributed by atoms with Crippen molar-refractivity contribution in [1.82, 2.24) is 0 Å². The Morgan fingerprint density at radius 3 is 2.45 bits per heavy atom. The molecule has 1 aliphatic carbocycles. The summed E-state index contributed by atoms with van der Waals surface area (Å²) in [7, 11) is 0. The smallest absolute Gasteiger partial charge is 0.106 e. The Morgan fingerprint density at radius 2 is 1.70 bits per heavy atom. The summed E-state index contributed by atoms with van der Waals surface area (Å²) in [5.74, 6) is 0. The molecule has 1 aliphatic heterocycles. The minimum absolute atomic E-state index is 0.305. The van der Waals surface area contributed by atoms with Crippen molar-refractivity contribution in [2.45, 2.75) is 32.0 Å². The number of hydrogen-bond acceptors (Lipinski definition) is 2. The van der Waals surface area contributed by atoms with Crippen molar-refractivity contribution in [3.63, 3.8) is 0 Å². The van der Waals surface area contributed by atoms with E-state index in [2.05, 4.69) is 88.7 Å². The lowest BCUT2D eigenvalue weighted by Crippen LogP contribution is -2.22. The molecular formula is C30H27BrO2. The van der Waals surface area contributed by atoms with Gasteiger partial charge in [-0.3, -0.25) is 0 Å². The van der Waals surface area contributed by atoms with Crippen molar-refractivity contribution in [2.75, 3.05) is 6.61 Å². The summed E-state index contributed by atoms with van der Waals surface area (Å²) >= 11 is 3.49. The average Bonchev–Trinajstić information content (AvgIpc) is 2.89. The van der Waals surface area contributed by atoms with Crippen LogP contribution in [0.3, 0.4) is 0 Å². The number of halogens is 1. The molecule has 33 heavy (non-hydrogen) atoms. The highest BCUT2D eigenvalue weighted by molar-refractivity contribution is 9.10. The summed E-state index contributed by atoms with van der Waals surface area (Å²) < 4.78 is 12.1. The van der Waals surface area contributed by atoms with Gasteiger partial charge in [0, 0.05) is 4.47 Å². The lowest BCUT2D eigenvalue weighted by Gasteiger charge is -2.26. The molecule has 0 aromatic heterocycles. The van der Waals surface area contributed by atoms with Gasteiger partial charge in [-0.15, -0.1) is 0 Å². The van der Waals surface area contributed by atoms with E-state index in [1.165, 1.54) is 38.2 Å². The first-order chi connectivity index (χ1) is 16.3. The maximum atomic E-state index is 6.23. The van der Waals surface area contributed by atoms with Crippen LogP contribution in [0.2, 0.25) is 0 Å². The van der Waals surface area contributed by atoms with Gasteiger partial charge in [0.15, 0.2) is 0 Å². The van der Waals surface area contributed by atoms with Crippen LogP contribution in [0.5, 0.6) is 0 Å². The first-order valence-electron chi connectivity index (χ1n) is 11.5. The van der Waals surface area contributed by atoms with E-state index in [1.54, 1.807) is 6.26 Å². The van der Waals surface area contributed by atoms with Gasteiger partial charge in [0.1, 0.15) is 6.61 Å². The number of fused-ring (bicyclic) bond motifs is 5. The molecule has 2 aliphatic rings. The van der Waals surface area contributed by atoms with Crippen LogP contribution in [-0.2, 0) is 28.9 Å². The molecule has 0 saturated carbocycles. The second kappa shape index (κ2) is 10.4. The van der Waals surface area contributed by atoms with Crippen LogP contribution in [0.25, 0.3) is 21.5 Å². The molecule has 0 bridgehead atoms. The van der Waals surface area contributed by atoms with E-state index >= 15 is 0 Å². The van der Waals surface area contributed by atoms with Crippen molar-refractivity contribution >= 4 is 37.5 Å². The topological polar surface area (TPSA) is 18.5 Å². The quantitative estimate of drug-likeness (QED) is 0.267. The fraction of sp³-hybridized carbons (Fsp3) is 0.200. The molecule has 0 radical (unpaired) electrons. The minimum atomic E-state index is 0.305. The van der Waals surface area contributed by atoms with E-state index in [9.17, 15) is 0 Å². The molecule has 2 nitrogen and oxygen atoms in total. The molecule has 1 unspecified atom stereocenters. The van der Waals surface area contributed by atoms with Crippen molar-refractivity contribution in [3.8, 4) is 0 Å². The monoisotopic (exact) mass is 498 g/mol. The molecule has 166 valence electrons. The zero-order valence-corrected chi connectivity index (χ0v) is 20.1. The normalized spacial score (nSPS) is 16.7. The van der Waals surface area contributed by atoms with Crippen LogP contribution in [0.15, 0.2) is 102 Å². The Balaban J connectivity index is 0.000000332. The third-order valence-electron chi connectivity index (χ3n) is 6.31. The SMILES string of the molecule is Brc1ccc(COC2CCc3c(ccc4c3ccc3ccccc34)C2)cc1.C1=CCOC=C1. The van der Waals surface area contributed by atoms with Crippen LogP contribution in [0.1, 0.15) is 23.1 Å². The van der Waals surface area contributed by atoms with E-state index in [1.807, 2.05) is 18.2 Å². The summed E-state index contributed by atoms with van der Waals surface area (Å²) in [5, 5.41) is 5.46. The molecule has 6 rings (SSSR count). The molecule has 0 amide bonds. The Bertz CT molecular complexity index is 1290. The lowest BCUT2D eigenvalue weighted by molar-refractivity contribution is 0.0321. The maximum absolute atomic E-state index is 6.23. The van der Waals surface area contributed by atoms with Crippen molar-refractivity contribution in [1.29, 1.82) is 0 Å². The van der Waals surface area contributed by atoms with E-state index in [0.29, 0.717) is 12.7 Å². The lowest BCUT2D eigenvalue weighted by atomic mass is 9.85. The van der Waals surface area contributed by atoms with Crippen LogP contribution in [0.4, 0.5) is 0 Å². The second-order valence-corrected chi connectivity index (χ2v) is 9.39. The van der Waals surface area contributed by atoms with E-state index in [0.717, 1.165) is 30.3 Å². The third-order valence-corrected chi connectivity index (χ3v) is 6.84. The van der Waals surface area contributed by atoms with Gasteiger partial charge < -0.3 is 9.47 Å². The van der Waals surface area contributed by atoms with Gasteiger partial charge in [0.2, 0.25) is 0 Å². The minimum Gasteiger partial charge on any atom is -0.497 e. The van der Waals surface area contributed by atoms with Gasteiger partial charge in [-0.05, 0) is 81.8 Å². The van der Waals surface area contributed by atoms with E-state index in [4.69, 9.17) is 9.47 Å². The molecule has 0 N–H and O–H groups in total. The Morgan fingerprint density at radius 1 is 0.848 bits per heavy atom. The molecule has 4 aromatic carbocycles. The molecule has 4 aromatic rings. The first kappa shape index (κ1) is 21.9. The van der Waals surface area contributed by atoms with Crippen LogP contribution < -0.4 is 0 Å². The van der Waals surface area contributed by atoms with Gasteiger partial charge in [-0.1, -0.05) is 82.7 Å². The molecule has 3 heteroatoms. The summed E-state index contributed by atoms with van der Waals surface area (Å²) in [4.78, 5) is 0.